The van der Waals surface area contributed by atoms with Gasteiger partial charge < -0.3 is 4.74 Å². The number of benzene rings is 1. The van der Waals surface area contributed by atoms with E-state index in [4.69, 9.17) is 4.74 Å². The minimum Gasteiger partial charge on any atom is -0.452 e. The van der Waals surface area contributed by atoms with Crippen LogP contribution in [-0.4, -0.2) is 19.7 Å². The fourth-order valence-corrected chi connectivity index (χ4v) is 2.35. The van der Waals surface area contributed by atoms with Gasteiger partial charge in [-0.25, -0.2) is 4.79 Å². The summed E-state index contributed by atoms with van der Waals surface area (Å²) in [5.41, 5.74) is 1.45. The molecule has 0 bridgehead atoms. The van der Waals surface area contributed by atoms with Gasteiger partial charge in [0.1, 0.15) is 6.04 Å². The van der Waals surface area contributed by atoms with Crippen LogP contribution in [0.5, 0.6) is 0 Å². The fourth-order valence-electron chi connectivity index (χ4n) is 1.97. The van der Waals surface area contributed by atoms with Gasteiger partial charge in [-0.1, -0.05) is 21.1 Å². The third-order valence-electron chi connectivity index (χ3n) is 2.79. The molecule has 0 aromatic heterocycles. The zero-order valence-electron chi connectivity index (χ0n) is 9.22. The van der Waals surface area contributed by atoms with Gasteiger partial charge in [0.25, 0.3) is 0 Å². The summed E-state index contributed by atoms with van der Waals surface area (Å²) in [4.78, 5) is 23.9. The smallest absolute Gasteiger partial charge is 0.414 e. The number of hydrogen-bond acceptors (Lipinski definition) is 4. The van der Waals surface area contributed by atoms with Gasteiger partial charge in [-0.15, -0.1) is 0 Å². The molecule has 1 aliphatic rings. The van der Waals surface area contributed by atoms with Gasteiger partial charge in [-0.3, -0.25) is 4.90 Å². The van der Waals surface area contributed by atoms with E-state index in [2.05, 4.69) is 21.1 Å². The zero-order valence-corrected chi connectivity index (χ0v) is 10.8. The predicted octanol–water partition coefficient (Wildman–Crippen LogP) is 3.23. The van der Waals surface area contributed by atoms with E-state index in [0.717, 1.165) is 10.0 Å². The monoisotopic (exact) mass is 298 g/mol. The molecule has 5 nitrogen and oxygen atoms in total. The molecule has 1 heterocycles. The maximum atomic E-state index is 11.6. The molecule has 1 unspecified atom stereocenters. The Morgan fingerprint density at radius 3 is 3.00 bits per heavy atom. The molecule has 1 aromatic carbocycles. The van der Waals surface area contributed by atoms with Crippen LogP contribution in [0, 0.1) is 4.91 Å². The maximum Gasteiger partial charge on any atom is 0.414 e. The number of ether oxygens (including phenoxy) is 1. The first-order valence-corrected chi connectivity index (χ1v) is 5.94. The largest absolute Gasteiger partial charge is 0.452 e. The van der Waals surface area contributed by atoms with Gasteiger partial charge in [0, 0.05) is 16.6 Å². The molecule has 0 fully saturated rings. The van der Waals surface area contributed by atoms with Crippen molar-refractivity contribution >= 4 is 27.7 Å². The molecule has 0 spiro atoms. The lowest BCUT2D eigenvalue weighted by Crippen LogP contribution is -2.36. The van der Waals surface area contributed by atoms with Crippen LogP contribution in [0.2, 0.25) is 0 Å². The average molecular weight is 299 g/mol. The molecule has 0 aliphatic carbocycles. The number of anilines is 1. The molecule has 0 radical (unpaired) electrons. The summed E-state index contributed by atoms with van der Waals surface area (Å²) in [5.74, 6) is 0. The maximum absolute atomic E-state index is 11.6. The molecule has 17 heavy (non-hydrogen) atoms. The molecule has 2 rings (SSSR count). The number of amides is 1. The lowest BCUT2D eigenvalue weighted by Gasteiger charge is -2.30. The van der Waals surface area contributed by atoms with Crippen molar-refractivity contribution in [1.29, 1.82) is 0 Å². The Morgan fingerprint density at radius 2 is 2.35 bits per heavy atom. The van der Waals surface area contributed by atoms with E-state index in [1.165, 1.54) is 12.0 Å². The number of fused-ring (bicyclic) bond motifs is 1. The Kier molecular flexibility index (Phi) is 3.42. The molecule has 90 valence electrons. The SMILES string of the molecule is COC(=O)N1CCC(N=O)c2cc(Br)ccc21. The fraction of sp³-hybridized carbons (Fsp3) is 0.364. The van der Waals surface area contributed by atoms with Crippen molar-refractivity contribution in [2.75, 3.05) is 18.6 Å². The molecule has 1 atom stereocenters. The van der Waals surface area contributed by atoms with Crippen molar-refractivity contribution < 1.29 is 9.53 Å². The third-order valence-corrected chi connectivity index (χ3v) is 3.28. The van der Waals surface area contributed by atoms with Crippen molar-refractivity contribution in [1.82, 2.24) is 0 Å². The van der Waals surface area contributed by atoms with Crippen LogP contribution in [0.4, 0.5) is 10.5 Å². The van der Waals surface area contributed by atoms with E-state index >= 15 is 0 Å². The number of nitrogens with zero attached hydrogens (tertiary/aromatic N) is 2. The quantitative estimate of drug-likeness (QED) is 0.748. The topological polar surface area (TPSA) is 59.0 Å². The lowest BCUT2D eigenvalue weighted by molar-refractivity contribution is 0.178. The molecule has 1 amide bonds. The van der Waals surface area contributed by atoms with Gasteiger partial charge in [-0.05, 0) is 24.6 Å². The number of halogens is 1. The highest BCUT2D eigenvalue weighted by Gasteiger charge is 2.29. The van der Waals surface area contributed by atoms with E-state index < -0.39 is 12.1 Å². The number of nitroso groups, excluding NO2 is 1. The number of methoxy groups -OCH3 is 1. The molecular formula is C11H11BrN2O3. The van der Waals surface area contributed by atoms with Crippen molar-refractivity contribution in [3.05, 3.63) is 33.1 Å². The van der Waals surface area contributed by atoms with Crippen LogP contribution >= 0.6 is 15.9 Å². The zero-order chi connectivity index (χ0) is 12.4. The Hall–Kier alpha value is -1.43. The first kappa shape index (κ1) is 12.0. The van der Waals surface area contributed by atoms with Crippen LogP contribution in [0.25, 0.3) is 0 Å². The number of rotatable bonds is 1. The van der Waals surface area contributed by atoms with E-state index in [-0.39, 0.29) is 0 Å². The van der Waals surface area contributed by atoms with Crippen LogP contribution in [-0.2, 0) is 4.74 Å². The van der Waals surface area contributed by atoms with Crippen molar-refractivity contribution in [2.45, 2.75) is 12.5 Å². The summed E-state index contributed by atoms with van der Waals surface area (Å²) in [6.07, 6.45) is 0.0973. The molecule has 1 aromatic rings. The van der Waals surface area contributed by atoms with Gasteiger partial charge in [0.15, 0.2) is 0 Å². The normalized spacial score (nSPS) is 18.5. The number of hydrogen-bond donors (Lipinski definition) is 0. The number of carbonyl (C=O) groups excluding carboxylic acids is 1. The first-order chi connectivity index (χ1) is 8.17. The molecule has 1 aliphatic heterocycles. The minimum atomic E-state index is -0.419. The van der Waals surface area contributed by atoms with Crippen molar-refractivity contribution in [3.63, 3.8) is 0 Å². The molecule has 0 saturated heterocycles. The number of carbonyl (C=O) groups is 1. The summed E-state index contributed by atoms with van der Waals surface area (Å²) in [6, 6.07) is 5.02. The first-order valence-electron chi connectivity index (χ1n) is 5.14. The third kappa shape index (κ3) is 2.17. The molecule has 6 heteroatoms. The highest BCUT2D eigenvalue weighted by atomic mass is 79.9. The van der Waals surface area contributed by atoms with Gasteiger partial charge in [0.2, 0.25) is 0 Å². The van der Waals surface area contributed by atoms with Gasteiger partial charge in [0.05, 0.1) is 12.8 Å². The summed E-state index contributed by atoms with van der Waals surface area (Å²) >= 11 is 3.34. The second-order valence-electron chi connectivity index (χ2n) is 3.73. The molecule has 0 N–H and O–H groups in total. The van der Waals surface area contributed by atoms with E-state index in [1.54, 1.807) is 6.07 Å². The highest BCUT2D eigenvalue weighted by Crippen LogP contribution is 2.37. The lowest BCUT2D eigenvalue weighted by atomic mass is 9.97. The average Bonchev–Trinajstić information content (AvgIpc) is 2.36. The summed E-state index contributed by atoms with van der Waals surface area (Å²) in [7, 11) is 1.34. The van der Waals surface area contributed by atoms with Crippen LogP contribution in [0.3, 0.4) is 0 Å². The summed E-state index contributed by atoms with van der Waals surface area (Å²) in [5, 5.41) is 3.10. The van der Waals surface area contributed by atoms with E-state index in [9.17, 15) is 9.70 Å². The van der Waals surface area contributed by atoms with Crippen molar-refractivity contribution in [3.8, 4) is 0 Å². The highest BCUT2D eigenvalue weighted by molar-refractivity contribution is 9.10. The second kappa shape index (κ2) is 4.83. The summed E-state index contributed by atoms with van der Waals surface area (Å²) < 4.78 is 5.57. The molecule has 0 saturated carbocycles. The van der Waals surface area contributed by atoms with E-state index in [1.807, 2.05) is 12.1 Å². The standard InChI is InChI=1S/C11H11BrN2O3/c1-17-11(15)14-5-4-9(13-16)8-6-7(12)2-3-10(8)14/h2-3,6,9H,4-5H2,1H3. The van der Waals surface area contributed by atoms with Gasteiger partial charge in [-0.2, -0.15) is 4.91 Å². The Balaban J connectivity index is 2.47. The molecular weight excluding hydrogens is 288 g/mol. The Labute approximate surface area is 107 Å². The van der Waals surface area contributed by atoms with Crippen LogP contribution in [0.15, 0.2) is 27.8 Å². The summed E-state index contributed by atoms with van der Waals surface area (Å²) in [6.45, 7) is 0.442. The van der Waals surface area contributed by atoms with Crippen molar-refractivity contribution in [2.24, 2.45) is 5.18 Å². The van der Waals surface area contributed by atoms with Crippen LogP contribution in [0.1, 0.15) is 18.0 Å². The Bertz CT molecular complexity index is 464. The predicted molar refractivity (Wildman–Crippen MR) is 67.0 cm³/mol. The Morgan fingerprint density at radius 1 is 1.59 bits per heavy atom. The van der Waals surface area contributed by atoms with E-state index in [0.29, 0.717) is 18.7 Å². The van der Waals surface area contributed by atoms with Crippen LogP contribution < -0.4 is 4.90 Å². The second-order valence-corrected chi connectivity index (χ2v) is 4.65. The van der Waals surface area contributed by atoms with Gasteiger partial charge >= 0.3 is 6.09 Å². The minimum absolute atomic E-state index is 0.400.